The molecule has 0 aliphatic heterocycles. The zero-order valence-electron chi connectivity index (χ0n) is 16.4. The Labute approximate surface area is 162 Å². The van der Waals surface area contributed by atoms with E-state index >= 15 is 0 Å². The number of carbonyl (C=O) groups is 1. The Morgan fingerprint density at radius 1 is 1.21 bits per heavy atom. The summed E-state index contributed by atoms with van der Waals surface area (Å²) in [4.78, 5) is 28.9. The van der Waals surface area contributed by atoms with E-state index in [1.54, 1.807) is 29.0 Å². The van der Waals surface area contributed by atoms with E-state index in [0.717, 1.165) is 4.68 Å². The van der Waals surface area contributed by atoms with Gasteiger partial charge >= 0.3 is 0 Å². The molecule has 0 aliphatic rings. The van der Waals surface area contributed by atoms with Crippen molar-refractivity contribution in [2.45, 2.75) is 40.2 Å². The van der Waals surface area contributed by atoms with E-state index in [-0.39, 0.29) is 12.5 Å². The number of imidazole rings is 1. The Bertz CT molecular complexity index is 1040. The lowest BCUT2D eigenvalue weighted by atomic mass is 10.1. The molecule has 9 nitrogen and oxygen atoms in total. The summed E-state index contributed by atoms with van der Waals surface area (Å²) in [6.45, 7) is 8.26. The predicted molar refractivity (Wildman–Crippen MR) is 105 cm³/mol. The topological polar surface area (TPSA) is 103 Å². The van der Waals surface area contributed by atoms with Gasteiger partial charge in [-0.15, -0.1) is 5.10 Å². The van der Waals surface area contributed by atoms with Crippen LogP contribution in [0.5, 0.6) is 5.75 Å². The van der Waals surface area contributed by atoms with Gasteiger partial charge in [0.15, 0.2) is 11.5 Å². The standard InChI is InChI=1S/C19H24N6O3/c1-12(2)11-28-14-9-18(27)25(23-19(14)13(3)4)10-17(26)21-15-5-6-16-20-7-8-24(16)22-15/h5-9,12-13H,10-11H2,1-4H3,(H,21,22,26). The third-order valence-electron chi connectivity index (χ3n) is 3.92. The Kier molecular flexibility index (Phi) is 5.72. The van der Waals surface area contributed by atoms with Gasteiger partial charge in [-0.2, -0.15) is 5.10 Å². The van der Waals surface area contributed by atoms with Crippen molar-refractivity contribution >= 4 is 17.4 Å². The van der Waals surface area contributed by atoms with Gasteiger partial charge < -0.3 is 10.1 Å². The molecule has 0 atom stereocenters. The number of rotatable bonds is 7. The molecule has 0 saturated heterocycles. The molecule has 3 aromatic heterocycles. The molecule has 0 unspecified atom stereocenters. The molecule has 3 rings (SSSR count). The number of ether oxygens (including phenoxy) is 1. The van der Waals surface area contributed by atoms with Gasteiger partial charge in [0.2, 0.25) is 5.91 Å². The van der Waals surface area contributed by atoms with Crippen molar-refractivity contribution in [3.8, 4) is 5.75 Å². The molecule has 0 fully saturated rings. The SMILES string of the molecule is CC(C)COc1cc(=O)n(CC(=O)Nc2ccc3nccn3n2)nc1C(C)C. The van der Waals surface area contributed by atoms with Crippen molar-refractivity contribution in [2.75, 3.05) is 11.9 Å². The second-order valence-electron chi connectivity index (χ2n) is 7.25. The maximum Gasteiger partial charge on any atom is 0.270 e. The van der Waals surface area contributed by atoms with Crippen molar-refractivity contribution in [3.05, 3.63) is 46.6 Å². The highest BCUT2D eigenvalue weighted by Crippen LogP contribution is 2.22. The van der Waals surface area contributed by atoms with Crippen molar-refractivity contribution < 1.29 is 9.53 Å². The summed E-state index contributed by atoms with van der Waals surface area (Å²) in [5, 5.41) is 11.3. The third-order valence-corrected chi connectivity index (χ3v) is 3.92. The summed E-state index contributed by atoms with van der Waals surface area (Å²) in [6, 6.07) is 4.79. The van der Waals surface area contributed by atoms with Gasteiger partial charge in [0.05, 0.1) is 6.61 Å². The number of hydrogen-bond acceptors (Lipinski definition) is 6. The van der Waals surface area contributed by atoms with Gasteiger partial charge in [0.1, 0.15) is 18.0 Å². The number of hydrogen-bond donors (Lipinski definition) is 1. The highest BCUT2D eigenvalue weighted by atomic mass is 16.5. The maximum absolute atomic E-state index is 12.4. The fourth-order valence-electron chi connectivity index (χ4n) is 2.57. The first-order valence-corrected chi connectivity index (χ1v) is 9.18. The summed E-state index contributed by atoms with van der Waals surface area (Å²) in [6.07, 6.45) is 3.30. The van der Waals surface area contributed by atoms with Crippen LogP contribution >= 0.6 is 0 Å². The fraction of sp³-hybridized carbons (Fsp3) is 0.421. The van der Waals surface area contributed by atoms with Gasteiger partial charge in [-0.1, -0.05) is 27.7 Å². The predicted octanol–water partition coefficient (Wildman–Crippen LogP) is 2.08. The molecule has 0 radical (unpaired) electrons. The lowest BCUT2D eigenvalue weighted by Gasteiger charge is -2.16. The van der Waals surface area contributed by atoms with E-state index in [1.165, 1.54) is 6.07 Å². The molecular formula is C19H24N6O3. The summed E-state index contributed by atoms with van der Waals surface area (Å²) in [5.74, 6) is 0.810. The summed E-state index contributed by atoms with van der Waals surface area (Å²) in [7, 11) is 0. The van der Waals surface area contributed by atoms with Crippen molar-refractivity contribution in [3.63, 3.8) is 0 Å². The molecule has 0 spiro atoms. The first-order chi connectivity index (χ1) is 13.3. The molecule has 3 aromatic rings. The molecule has 9 heteroatoms. The highest BCUT2D eigenvalue weighted by molar-refractivity contribution is 5.89. The molecule has 3 heterocycles. The smallest absolute Gasteiger partial charge is 0.270 e. The second kappa shape index (κ2) is 8.20. The first kappa shape index (κ1) is 19.5. The Morgan fingerprint density at radius 3 is 2.71 bits per heavy atom. The molecule has 148 valence electrons. The minimum Gasteiger partial charge on any atom is -0.491 e. The van der Waals surface area contributed by atoms with E-state index in [4.69, 9.17) is 4.74 Å². The minimum atomic E-state index is -0.396. The van der Waals surface area contributed by atoms with E-state index in [1.807, 2.05) is 27.7 Å². The van der Waals surface area contributed by atoms with Crippen LogP contribution in [-0.2, 0) is 11.3 Å². The maximum atomic E-state index is 12.4. The van der Waals surface area contributed by atoms with Crippen LogP contribution in [0.3, 0.4) is 0 Å². The van der Waals surface area contributed by atoms with Crippen LogP contribution in [0.2, 0.25) is 0 Å². The average Bonchev–Trinajstić information content (AvgIpc) is 3.09. The zero-order valence-corrected chi connectivity index (χ0v) is 16.4. The second-order valence-corrected chi connectivity index (χ2v) is 7.25. The van der Waals surface area contributed by atoms with Crippen LogP contribution < -0.4 is 15.6 Å². The molecule has 0 aromatic carbocycles. The number of carbonyl (C=O) groups excluding carboxylic acids is 1. The van der Waals surface area contributed by atoms with E-state index in [0.29, 0.717) is 35.4 Å². The molecular weight excluding hydrogens is 360 g/mol. The summed E-state index contributed by atoms with van der Waals surface area (Å²) in [5.41, 5.74) is 0.928. The number of aromatic nitrogens is 5. The lowest BCUT2D eigenvalue weighted by molar-refractivity contribution is -0.117. The number of fused-ring (bicyclic) bond motifs is 1. The quantitative estimate of drug-likeness (QED) is 0.669. The van der Waals surface area contributed by atoms with Gasteiger partial charge in [0.25, 0.3) is 5.56 Å². The molecule has 28 heavy (non-hydrogen) atoms. The Balaban J connectivity index is 1.77. The fourth-order valence-corrected chi connectivity index (χ4v) is 2.57. The number of nitrogens with zero attached hydrogens (tertiary/aromatic N) is 5. The third kappa shape index (κ3) is 4.54. The van der Waals surface area contributed by atoms with Gasteiger partial charge in [0, 0.05) is 24.4 Å². The average molecular weight is 384 g/mol. The summed E-state index contributed by atoms with van der Waals surface area (Å²) >= 11 is 0. The molecule has 0 bridgehead atoms. The van der Waals surface area contributed by atoms with Crippen LogP contribution in [0.25, 0.3) is 5.65 Å². The van der Waals surface area contributed by atoms with E-state index in [9.17, 15) is 9.59 Å². The van der Waals surface area contributed by atoms with Crippen LogP contribution in [0.4, 0.5) is 5.82 Å². The summed E-state index contributed by atoms with van der Waals surface area (Å²) < 4.78 is 8.43. The van der Waals surface area contributed by atoms with Crippen LogP contribution in [-0.4, -0.2) is 36.9 Å². The number of anilines is 1. The number of amides is 1. The molecule has 1 amide bonds. The Hall–Kier alpha value is -3.23. The van der Waals surface area contributed by atoms with E-state index in [2.05, 4.69) is 20.5 Å². The van der Waals surface area contributed by atoms with Crippen LogP contribution in [0.15, 0.2) is 35.4 Å². The van der Waals surface area contributed by atoms with Crippen molar-refractivity contribution in [1.29, 1.82) is 0 Å². The van der Waals surface area contributed by atoms with Crippen LogP contribution in [0, 0.1) is 5.92 Å². The molecule has 0 saturated carbocycles. The largest absolute Gasteiger partial charge is 0.491 e. The number of nitrogens with one attached hydrogen (secondary N) is 1. The first-order valence-electron chi connectivity index (χ1n) is 9.18. The van der Waals surface area contributed by atoms with Crippen molar-refractivity contribution in [2.24, 2.45) is 5.92 Å². The van der Waals surface area contributed by atoms with Gasteiger partial charge in [-0.25, -0.2) is 14.2 Å². The Morgan fingerprint density at radius 2 is 2.00 bits per heavy atom. The minimum absolute atomic E-state index is 0.0439. The lowest BCUT2D eigenvalue weighted by Crippen LogP contribution is -2.31. The normalized spacial score (nSPS) is 11.4. The van der Waals surface area contributed by atoms with Crippen molar-refractivity contribution in [1.82, 2.24) is 24.4 Å². The van der Waals surface area contributed by atoms with Gasteiger partial charge in [-0.3, -0.25) is 9.59 Å². The van der Waals surface area contributed by atoms with E-state index < -0.39 is 11.5 Å². The molecule has 0 aliphatic carbocycles. The molecule has 1 N–H and O–H groups in total. The monoisotopic (exact) mass is 384 g/mol. The highest BCUT2D eigenvalue weighted by Gasteiger charge is 2.16. The van der Waals surface area contributed by atoms with Gasteiger partial charge in [-0.05, 0) is 18.1 Å². The zero-order chi connectivity index (χ0) is 20.3. The van der Waals surface area contributed by atoms with Crippen LogP contribution in [0.1, 0.15) is 39.3 Å².